The van der Waals surface area contributed by atoms with Crippen LogP contribution >= 0.6 is 0 Å². The molecule has 18 heavy (non-hydrogen) atoms. The molecule has 1 aliphatic rings. The summed E-state index contributed by atoms with van der Waals surface area (Å²) < 4.78 is 0. The van der Waals surface area contributed by atoms with E-state index in [-0.39, 0.29) is 0 Å². The van der Waals surface area contributed by atoms with Crippen LogP contribution in [0.5, 0.6) is 0 Å². The topological polar surface area (TPSA) is 32.5 Å². The number of hydrogen-bond donors (Lipinski definition) is 1. The van der Waals surface area contributed by atoms with Crippen LogP contribution in [0.3, 0.4) is 0 Å². The molecule has 100 valence electrons. The molecule has 3 nitrogen and oxygen atoms in total. The van der Waals surface area contributed by atoms with E-state index >= 15 is 0 Å². The van der Waals surface area contributed by atoms with Crippen LogP contribution in [0, 0.1) is 0 Å². The summed E-state index contributed by atoms with van der Waals surface area (Å²) in [6, 6.07) is 9.27. The lowest BCUT2D eigenvalue weighted by molar-refractivity contribution is 0.221. The summed E-state index contributed by atoms with van der Waals surface area (Å²) in [6.45, 7) is 6.49. The highest BCUT2D eigenvalue weighted by Gasteiger charge is 2.21. The van der Waals surface area contributed by atoms with Gasteiger partial charge < -0.3 is 15.5 Å². The predicted molar refractivity (Wildman–Crippen MR) is 77.9 cm³/mol. The first-order valence-corrected chi connectivity index (χ1v) is 6.98. The fraction of sp³-hybridized carbons (Fsp3) is 0.600. The minimum atomic E-state index is 0.621. The molecule has 2 rings (SSSR count). The fourth-order valence-electron chi connectivity index (χ4n) is 2.74. The van der Waals surface area contributed by atoms with E-state index in [2.05, 4.69) is 48.0 Å². The van der Waals surface area contributed by atoms with Crippen LogP contribution in [0.1, 0.15) is 25.3 Å². The summed E-state index contributed by atoms with van der Waals surface area (Å²) in [5.74, 6) is 0. The van der Waals surface area contributed by atoms with Crippen molar-refractivity contribution in [3.63, 3.8) is 0 Å². The lowest BCUT2D eigenvalue weighted by Gasteiger charge is -2.37. The lowest BCUT2D eigenvalue weighted by atomic mass is 10.0. The largest absolute Gasteiger partial charge is 0.372 e. The Balaban J connectivity index is 2.00. The van der Waals surface area contributed by atoms with Gasteiger partial charge in [-0.15, -0.1) is 0 Å². The van der Waals surface area contributed by atoms with Crippen molar-refractivity contribution in [2.24, 2.45) is 5.73 Å². The molecule has 0 spiro atoms. The van der Waals surface area contributed by atoms with Gasteiger partial charge in [0.2, 0.25) is 0 Å². The Kier molecular flexibility index (Phi) is 4.61. The Morgan fingerprint density at radius 1 is 1.33 bits per heavy atom. The van der Waals surface area contributed by atoms with Crippen molar-refractivity contribution in [2.45, 2.75) is 32.4 Å². The Hall–Kier alpha value is -1.06. The maximum atomic E-state index is 5.71. The number of rotatable bonds is 4. The third-order valence-electron chi connectivity index (χ3n) is 4.11. The average Bonchev–Trinajstić information content (AvgIpc) is 2.46. The second-order valence-electron chi connectivity index (χ2n) is 5.15. The van der Waals surface area contributed by atoms with E-state index in [1.807, 2.05) is 0 Å². The second kappa shape index (κ2) is 6.21. The molecule has 1 saturated heterocycles. The molecule has 2 N–H and O–H groups in total. The summed E-state index contributed by atoms with van der Waals surface area (Å²) in [5.41, 5.74) is 8.22. The van der Waals surface area contributed by atoms with Crippen LogP contribution in [-0.4, -0.2) is 37.6 Å². The molecular formula is C15H25N3. The second-order valence-corrected chi connectivity index (χ2v) is 5.15. The number of hydrogen-bond acceptors (Lipinski definition) is 3. The molecule has 0 aromatic heterocycles. The highest BCUT2D eigenvalue weighted by Crippen LogP contribution is 2.22. The highest BCUT2D eigenvalue weighted by molar-refractivity contribution is 5.48. The summed E-state index contributed by atoms with van der Waals surface area (Å²) in [6.07, 6.45) is 2.52. The first kappa shape index (κ1) is 13.4. The van der Waals surface area contributed by atoms with E-state index in [0.29, 0.717) is 12.6 Å². The molecule has 0 bridgehead atoms. The Morgan fingerprint density at radius 3 is 2.67 bits per heavy atom. The van der Waals surface area contributed by atoms with Gasteiger partial charge in [-0.05, 0) is 37.1 Å². The van der Waals surface area contributed by atoms with Crippen LogP contribution in [0.4, 0.5) is 5.69 Å². The zero-order valence-corrected chi connectivity index (χ0v) is 11.6. The van der Waals surface area contributed by atoms with Gasteiger partial charge in [0, 0.05) is 38.4 Å². The van der Waals surface area contributed by atoms with Gasteiger partial charge in [-0.2, -0.15) is 0 Å². The quantitative estimate of drug-likeness (QED) is 0.884. The minimum absolute atomic E-state index is 0.621. The van der Waals surface area contributed by atoms with Crippen LogP contribution in [0.2, 0.25) is 0 Å². The van der Waals surface area contributed by atoms with Crippen LogP contribution < -0.4 is 10.6 Å². The highest BCUT2D eigenvalue weighted by atomic mass is 15.2. The number of nitrogens with two attached hydrogens (primary N) is 1. The maximum Gasteiger partial charge on any atom is 0.0369 e. The predicted octanol–water partition coefficient (Wildman–Crippen LogP) is 2.07. The van der Waals surface area contributed by atoms with E-state index in [1.165, 1.54) is 43.7 Å². The van der Waals surface area contributed by atoms with Gasteiger partial charge in [0.05, 0.1) is 0 Å². The van der Waals surface area contributed by atoms with Gasteiger partial charge in [0.1, 0.15) is 0 Å². The first-order chi connectivity index (χ1) is 8.74. The fourth-order valence-corrected chi connectivity index (χ4v) is 2.74. The molecule has 0 aliphatic carbocycles. The van der Waals surface area contributed by atoms with Gasteiger partial charge in [-0.25, -0.2) is 0 Å². The first-order valence-electron chi connectivity index (χ1n) is 6.98. The van der Waals surface area contributed by atoms with Crippen molar-refractivity contribution < 1.29 is 0 Å². The Labute approximate surface area is 111 Å². The molecule has 1 aromatic carbocycles. The lowest BCUT2D eigenvalue weighted by Crippen LogP contribution is -2.43. The molecule has 0 radical (unpaired) electrons. The standard InChI is InChI=1S/C15H25N3/c1-3-18-9-7-14(8-10-18)17(2)15-6-4-5-13(11-15)12-16/h4-6,11,14H,3,7-10,12,16H2,1-2H3. The number of likely N-dealkylation sites (tertiary alicyclic amines) is 1. The number of piperidine rings is 1. The molecule has 1 heterocycles. The summed E-state index contributed by atoms with van der Waals surface area (Å²) in [4.78, 5) is 4.95. The molecule has 0 atom stereocenters. The van der Waals surface area contributed by atoms with E-state index < -0.39 is 0 Å². The SMILES string of the molecule is CCN1CCC(N(C)c2cccc(CN)c2)CC1. The summed E-state index contributed by atoms with van der Waals surface area (Å²) in [5, 5.41) is 0. The van der Waals surface area contributed by atoms with Crippen LogP contribution in [-0.2, 0) is 6.54 Å². The average molecular weight is 247 g/mol. The molecule has 0 unspecified atom stereocenters. The smallest absolute Gasteiger partial charge is 0.0369 e. The monoisotopic (exact) mass is 247 g/mol. The number of nitrogens with zero attached hydrogens (tertiary/aromatic N) is 2. The summed E-state index contributed by atoms with van der Waals surface area (Å²) in [7, 11) is 2.21. The summed E-state index contributed by atoms with van der Waals surface area (Å²) >= 11 is 0. The number of anilines is 1. The van der Waals surface area contributed by atoms with Gasteiger partial charge in [0.15, 0.2) is 0 Å². The minimum Gasteiger partial charge on any atom is -0.372 e. The Morgan fingerprint density at radius 2 is 2.06 bits per heavy atom. The van der Waals surface area contributed by atoms with Gasteiger partial charge in [0.25, 0.3) is 0 Å². The van der Waals surface area contributed by atoms with Gasteiger partial charge in [-0.3, -0.25) is 0 Å². The molecule has 0 amide bonds. The number of benzene rings is 1. The Bertz CT molecular complexity index is 370. The normalized spacial score (nSPS) is 17.9. The van der Waals surface area contributed by atoms with E-state index in [9.17, 15) is 0 Å². The van der Waals surface area contributed by atoms with Crippen LogP contribution in [0.25, 0.3) is 0 Å². The van der Waals surface area contributed by atoms with Crippen molar-refractivity contribution in [1.82, 2.24) is 4.90 Å². The molecule has 1 aliphatic heterocycles. The van der Waals surface area contributed by atoms with E-state index in [0.717, 1.165) is 0 Å². The van der Waals surface area contributed by atoms with E-state index in [1.54, 1.807) is 0 Å². The van der Waals surface area contributed by atoms with Crippen LogP contribution in [0.15, 0.2) is 24.3 Å². The van der Waals surface area contributed by atoms with E-state index in [4.69, 9.17) is 5.73 Å². The van der Waals surface area contributed by atoms with Crippen molar-refractivity contribution in [3.05, 3.63) is 29.8 Å². The molecule has 3 heteroatoms. The van der Waals surface area contributed by atoms with Crippen molar-refractivity contribution >= 4 is 5.69 Å². The van der Waals surface area contributed by atoms with Gasteiger partial charge >= 0.3 is 0 Å². The maximum absolute atomic E-state index is 5.71. The van der Waals surface area contributed by atoms with Crippen molar-refractivity contribution in [3.8, 4) is 0 Å². The third-order valence-corrected chi connectivity index (χ3v) is 4.11. The zero-order chi connectivity index (χ0) is 13.0. The molecular weight excluding hydrogens is 222 g/mol. The van der Waals surface area contributed by atoms with Crippen molar-refractivity contribution in [2.75, 3.05) is 31.6 Å². The molecule has 1 aromatic rings. The third kappa shape index (κ3) is 3.03. The van der Waals surface area contributed by atoms with Crippen molar-refractivity contribution in [1.29, 1.82) is 0 Å². The molecule has 0 saturated carbocycles. The zero-order valence-electron chi connectivity index (χ0n) is 11.6. The van der Waals surface area contributed by atoms with Gasteiger partial charge in [-0.1, -0.05) is 19.1 Å². The molecule has 1 fully saturated rings.